The summed E-state index contributed by atoms with van der Waals surface area (Å²) in [5, 5.41) is 9.32. The summed E-state index contributed by atoms with van der Waals surface area (Å²) in [4.78, 5) is 43.8. The number of hydrogen-bond acceptors (Lipinski definition) is 7. The smallest absolute Gasteiger partial charge is 0.337 e. The fourth-order valence-corrected chi connectivity index (χ4v) is 5.08. The summed E-state index contributed by atoms with van der Waals surface area (Å²) < 4.78 is 4.68. The Balaban J connectivity index is 1.27. The molecule has 1 aliphatic heterocycles. The van der Waals surface area contributed by atoms with Crippen LogP contribution in [-0.2, 0) is 22.5 Å². The van der Waals surface area contributed by atoms with Gasteiger partial charge in [-0.3, -0.25) is 15.0 Å². The number of methoxy groups -OCH3 is 1. The van der Waals surface area contributed by atoms with Crippen LogP contribution >= 0.6 is 11.3 Å². The predicted molar refractivity (Wildman–Crippen MR) is 122 cm³/mol. The minimum atomic E-state index is -0.415. The molecule has 0 saturated heterocycles. The van der Waals surface area contributed by atoms with E-state index < -0.39 is 5.97 Å². The zero-order valence-corrected chi connectivity index (χ0v) is 18.8. The Bertz CT molecular complexity index is 985. The second kappa shape index (κ2) is 10.1. The van der Waals surface area contributed by atoms with Gasteiger partial charge in [0.2, 0.25) is 5.91 Å². The lowest BCUT2D eigenvalue weighted by Crippen LogP contribution is -2.36. The number of nitrogens with one attached hydrogen (secondary N) is 3. The summed E-state index contributed by atoms with van der Waals surface area (Å²) in [6.07, 6.45) is 5.14. The van der Waals surface area contributed by atoms with E-state index in [1.165, 1.54) is 31.3 Å². The van der Waals surface area contributed by atoms with Crippen LogP contribution < -0.4 is 16.0 Å². The standard InChI is InChI=1S/C22H27N5O4S/c1-31-20(29)14-6-8-16(9-7-14)23-19(28)13-27-11-10-17-18(12-27)32-22(25-17)26-21(30)24-15-4-2-3-5-15/h6-9,15H,2-5,10-13H2,1H3,(H,23,28)(H2,24,25,26,30). The topological polar surface area (TPSA) is 113 Å². The maximum absolute atomic E-state index is 12.5. The highest BCUT2D eigenvalue weighted by atomic mass is 32.1. The Hall–Kier alpha value is -2.98. The number of aromatic nitrogens is 1. The Kier molecular flexibility index (Phi) is 7.01. The molecule has 3 N–H and O–H groups in total. The minimum absolute atomic E-state index is 0.127. The highest BCUT2D eigenvalue weighted by Crippen LogP contribution is 2.28. The molecule has 0 atom stereocenters. The van der Waals surface area contributed by atoms with Crippen molar-refractivity contribution in [2.75, 3.05) is 30.8 Å². The molecule has 10 heteroatoms. The van der Waals surface area contributed by atoms with Crippen molar-refractivity contribution in [3.05, 3.63) is 40.4 Å². The molecule has 4 rings (SSSR count). The monoisotopic (exact) mass is 457 g/mol. The second-order valence-corrected chi connectivity index (χ2v) is 9.13. The Morgan fingerprint density at radius 2 is 1.91 bits per heavy atom. The van der Waals surface area contributed by atoms with Crippen molar-refractivity contribution in [1.82, 2.24) is 15.2 Å². The van der Waals surface area contributed by atoms with E-state index in [1.807, 2.05) is 0 Å². The summed E-state index contributed by atoms with van der Waals surface area (Å²) in [5.74, 6) is -0.542. The number of esters is 1. The zero-order valence-electron chi connectivity index (χ0n) is 18.0. The van der Waals surface area contributed by atoms with Gasteiger partial charge in [-0.15, -0.1) is 11.3 Å². The first kappa shape index (κ1) is 22.2. The van der Waals surface area contributed by atoms with Gasteiger partial charge in [0.1, 0.15) is 0 Å². The van der Waals surface area contributed by atoms with Gasteiger partial charge < -0.3 is 15.4 Å². The largest absolute Gasteiger partial charge is 0.465 e. The quantitative estimate of drug-likeness (QED) is 0.575. The lowest BCUT2D eigenvalue weighted by molar-refractivity contribution is -0.117. The van der Waals surface area contributed by atoms with Crippen molar-refractivity contribution in [1.29, 1.82) is 0 Å². The lowest BCUT2D eigenvalue weighted by atomic mass is 10.2. The van der Waals surface area contributed by atoms with Gasteiger partial charge in [0.05, 0.1) is 24.9 Å². The molecule has 1 aromatic heterocycles. The number of nitrogens with zero attached hydrogens (tertiary/aromatic N) is 2. The van der Waals surface area contributed by atoms with Crippen LogP contribution in [0.15, 0.2) is 24.3 Å². The summed E-state index contributed by atoms with van der Waals surface area (Å²) in [6, 6.07) is 6.65. The van der Waals surface area contributed by atoms with Crippen molar-refractivity contribution in [2.45, 2.75) is 44.7 Å². The molecule has 0 radical (unpaired) electrons. The van der Waals surface area contributed by atoms with Crippen molar-refractivity contribution in [3.63, 3.8) is 0 Å². The highest BCUT2D eigenvalue weighted by molar-refractivity contribution is 7.15. The number of carbonyl (C=O) groups is 3. The van der Waals surface area contributed by atoms with Crippen LogP contribution in [0.1, 0.15) is 46.6 Å². The molecule has 2 aliphatic rings. The van der Waals surface area contributed by atoms with Gasteiger partial charge in [-0.25, -0.2) is 14.6 Å². The van der Waals surface area contributed by atoms with Gasteiger partial charge in [0.15, 0.2) is 5.13 Å². The number of fused-ring (bicyclic) bond motifs is 1. The fraction of sp³-hybridized carbons (Fsp3) is 0.455. The summed E-state index contributed by atoms with van der Waals surface area (Å²) in [6.45, 7) is 1.59. The van der Waals surface area contributed by atoms with Gasteiger partial charge in [-0.1, -0.05) is 12.8 Å². The number of rotatable bonds is 6. The number of anilines is 2. The Labute approximate surface area is 190 Å². The van der Waals surface area contributed by atoms with Crippen LogP contribution in [0.3, 0.4) is 0 Å². The van der Waals surface area contributed by atoms with Crippen molar-refractivity contribution in [2.24, 2.45) is 0 Å². The Morgan fingerprint density at radius 3 is 2.62 bits per heavy atom. The van der Waals surface area contributed by atoms with Crippen molar-refractivity contribution >= 4 is 40.1 Å². The normalized spacial score (nSPS) is 16.3. The van der Waals surface area contributed by atoms with E-state index in [0.29, 0.717) is 22.9 Å². The van der Waals surface area contributed by atoms with Crippen LogP contribution in [-0.4, -0.2) is 54.0 Å². The molecule has 2 heterocycles. The van der Waals surface area contributed by atoms with E-state index in [1.54, 1.807) is 24.3 Å². The molecular weight excluding hydrogens is 430 g/mol. The van der Waals surface area contributed by atoms with Gasteiger partial charge in [-0.05, 0) is 37.1 Å². The van der Waals surface area contributed by atoms with E-state index in [-0.39, 0.29) is 24.5 Å². The number of carbonyl (C=O) groups excluding carboxylic acids is 3. The molecule has 0 spiro atoms. The zero-order chi connectivity index (χ0) is 22.5. The number of benzene rings is 1. The third-order valence-electron chi connectivity index (χ3n) is 5.68. The molecule has 0 bridgehead atoms. The van der Waals surface area contributed by atoms with Gasteiger partial charge in [0.25, 0.3) is 0 Å². The van der Waals surface area contributed by atoms with Gasteiger partial charge in [-0.2, -0.15) is 0 Å². The van der Waals surface area contributed by atoms with Gasteiger partial charge in [0, 0.05) is 36.1 Å². The third-order valence-corrected chi connectivity index (χ3v) is 6.68. The third kappa shape index (κ3) is 5.63. The molecule has 170 valence electrons. The first-order valence-corrected chi connectivity index (χ1v) is 11.6. The molecule has 1 saturated carbocycles. The van der Waals surface area contributed by atoms with Crippen LogP contribution in [0.25, 0.3) is 0 Å². The summed E-state index contributed by atoms with van der Waals surface area (Å²) >= 11 is 1.46. The summed E-state index contributed by atoms with van der Waals surface area (Å²) in [7, 11) is 1.33. The van der Waals surface area contributed by atoms with Gasteiger partial charge >= 0.3 is 12.0 Å². The van der Waals surface area contributed by atoms with Crippen LogP contribution in [0.4, 0.5) is 15.6 Å². The molecular formula is C22H27N5O4S. The molecule has 3 amide bonds. The number of hydrogen-bond donors (Lipinski definition) is 3. The van der Waals surface area contributed by atoms with Crippen molar-refractivity contribution in [3.8, 4) is 0 Å². The maximum Gasteiger partial charge on any atom is 0.337 e. The SMILES string of the molecule is COC(=O)c1ccc(NC(=O)CN2CCc3nc(NC(=O)NC4CCCC4)sc3C2)cc1. The molecule has 1 fully saturated rings. The summed E-state index contributed by atoms with van der Waals surface area (Å²) in [5.41, 5.74) is 2.04. The van der Waals surface area contributed by atoms with E-state index >= 15 is 0 Å². The lowest BCUT2D eigenvalue weighted by Gasteiger charge is -2.25. The highest BCUT2D eigenvalue weighted by Gasteiger charge is 2.24. The van der Waals surface area contributed by atoms with Crippen LogP contribution in [0, 0.1) is 0 Å². The van der Waals surface area contributed by atoms with Crippen LogP contribution in [0.2, 0.25) is 0 Å². The van der Waals surface area contributed by atoms with E-state index in [2.05, 4.69) is 30.6 Å². The average Bonchev–Trinajstić information content (AvgIpc) is 3.42. The molecule has 1 aliphatic carbocycles. The molecule has 2 aromatic rings. The van der Waals surface area contributed by atoms with Crippen molar-refractivity contribution < 1.29 is 19.1 Å². The van der Waals surface area contributed by atoms with E-state index in [9.17, 15) is 14.4 Å². The number of urea groups is 1. The van der Waals surface area contributed by atoms with E-state index in [0.717, 1.165) is 36.4 Å². The van der Waals surface area contributed by atoms with Crippen LogP contribution in [0.5, 0.6) is 0 Å². The number of thiazole rings is 1. The number of ether oxygens (including phenoxy) is 1. The van der Waals surface area contributed by atoms with E-state index in [4.69, 9.17) is 0 Å². The number of amides is 3. The molecule has 0 unspecified atom stereocenters. The maximum atomic E-state index is 12.5. The predicted octanol–water partition coefficient (Wildman–Crippen LogP) is 2.99. The fourth-order valence-electron chi connectivity index (χ4n) is 4.04. The molecule has 32 heavy (non-hydrogen) atoms. The average molecular weight is 458 g/mol. The first-order chi connectivity index (χ1) is 15.5. The molecule has 9 nitrogen and oxygen atoms in total. The first-order valence-electron chi connectivity index (χ1n) is 10.8. The second-order valence-electron chi connectivity index (χ2n) is 8.05. The molecule has 1 aromatic carbocycles. The minimum Gasteiger partial charge on any atom is -0.465 e. The Morgan fingerprint density at radius 1 is 1.16 bits per heavy atom.